The molecule has 0 saturated heterocycles. The van der Waals surface area contributed by atoms with Gasteiger partial charge in [0.25, 0.3) is 0 Å². The summed E-state index contributed by atoms with van der Waals surface area (Å²) in [6, 6.07) is 4.05. The van der Waals surface area contributed by atoms with E-state index in [4.69, 9.17) is 11.6 Å². The highest BCUT2D eigenvalue weighted by Gasteiger charge is 2.13. The van der Waals surface area contributed by atoms with Crippen LogP contribution in [0.1, 0.15) is 25.2 Å². The Bertz CT molecular complexity index is 640. The zero-order chi connectivity index (χ0) is 15.4. The number of carbonyl (C=O) groups is 1. The van der Waals surface area contributed by atoms with Crippen LogP contribution in [0.25, 0.3) is 0 Å². The molecule has 0 saturated carbocycles. The molecule has 4 nitrogen and oxygen atoms in total. The lowest BCUT2D eigenvalue weighted by molar-refractivity contribution is -0.117. The molecule has 0 amide bonds. The van der Waals surface area contributed by atoms with Gasteiger partial charge in [0, 0.05) is 18.0 Å². The number of Topliss-reactive ketones (excluding diaryl/α,β-unsaturated/α-hetero) is 1. The predicted octanol–water partition coefficient (Wildman–Crippen LogP) is 3.08. The Balaban J connectivity index is 2.03. The molecule has 6 heteroatoms. The monoisotopic (exact) mass is 309 g/mol. The highest BCUT2D eigenvalue weighted by molar-refractivity contribution is 6.31. The summed E-state index contributed by atoms with van der Waals surface area (Å²) in [5.41, 5.74) is 0.623. The number of rotatable bonds is 6. The molecule has 1 aromatic heterocycles. The van der Waals surface area contributed by atoms with Crippen LogP contribution in [0, 0.1) is 11.7 Å². The average molecular weight is 310 g/mol. The van der Waals surface area contributed by atoms with Crippen LogP contribution in [0.15, 0.2) is 24.5 Å². The van der Waals surface area contributed by atoms with Crippen molar-refractivity contribution in [1.82, 2.24) is 14.8 Å². The molecule has 0 unspecified atom stereocenters. The van der Waals surface area contributed by atoms with Crippen molar-refractivity contribution in [2.75, 3.05) is 0 Å². The summed E-state index contributed by atoms with van der Waals surface area (Å²) >= 11 is 5.93. The van der Waals surface area contributed by atoms with E-state index in [1.807, 2.05) is 0 Å². The van der Waals surface area contributed by atoms with E-state index in [1.165, 1.54) is 24.5 Å². The second-order valence-corrected chi connectivity index (χ2v) is 5.79. The van der Waals surface area contributed by atoms with Crippen LogP contribution in [0.5, 0.6) is 0 Å². The van der Waals surface area contributed by atoms with Crippen LogP contribution in [0.3, 0.4) is 0 Å². The van der Waals surface area contributed by atoms with Crippen molar-refractivity contribution in [3.05, 3.63) is 46.8 Å². The van der Waals surface area contributed by atoms with Crippen LogP contribution < -0.4 is 0 Å². The van der Waals surface area contributed by atoms with Gasteiger partial charge in [-0.3, -0.25) is 4.79 Å². The van der Waals surface area contributed by atoms with Crippen LogP contribution >= 0.6 is 11.6 Å². The summed E-state index contributed by atoms with van der Waals surface area (Å²) in [6.45, 7) is 4.87. The molecule has 1 aromatic carbocycles. The van der Waals surface area contributed by atoms with Gasteiger partial charge in [0.05, 0.1) is 6.42 Å². The predicted molar refractivity (Wildman–Crippen MR) is 78.7 cm³/mol. The second-order valence-electron chi connectivity index (χ2n) is 5.38. The number of carbonyl (C=O) groups excluding carboxylic acids is 1. The fraction of sp³-hybridized carbons (Fsp3) is 0.400. The first-order valence-corrected chi connectivity index (χ1v) is 7.16. The minimum Gasteiger partial charge on any atom is -0.299 e. The Labute approximate surface area is 128 Å². The molecule has 0 radical (unpaired) electrons. The van der Waals surface area contributed by atoms with Crippen molar-refractivity contribution >= 4 is 17.4 Å². The van der Waals surface area contributed by atoms with Gasteiger partial charge in [-0.1, -0.05) is 31.5 Å². The van der Waals surface area contributed by atoms with E-state index in [-0.39, 0.29) is 23.6 Å². The molecule has 2 rings (SSSR count). The summed E-state index contributed by atoms with van der Waals surface area (Å²) in [5, 5.41) is 4.39. The van der Waals surface area contributed by atoms with Gasteiger partial charge >= 0.3 is 0 Å². The SMILES string of the molecule is CC(C)Cn1ncnc1CC(=O)Cc1ccc(F)cc1Cl. The zero-order valence-corrected chi connectivity index (χ0v) is 12.8. The van der Waals surface area contributed by atoms with Gasteiger partial charge in [0.1, 0.15) is 23.8 Å². The topological polar surface area (TPSA) is 47.8 Å². The third kappa shape index (κ3) is 4.36. The second kappa shape index (κ2) is 6.80. The zero-order valence-electron chi connectivity index (χ0n) is 12.0. The minimum absolute atomic E-state index is 0.0264. The molecular weight excluding hydrogens is 293 g/mol. The summed E-state index contributed by atoms with van der Waals surface area (Å²) in [6.07, 6.45) is 1.81. The quantitative estimate of drug-likeness (QED) is 0.824. The number of ketones is 1. The van der Waals surface area contributed by atoms with Gasteiger partial charge < -0.3 is 0 Å². The first kappa shape index (κ1) is 15.6. The molecule has 0 bridgehead atoms. The van der Waals surface area contributed by atoms with Gasteiger partial charge in [-0.2, -0.15) is 5.10 Å². The molecule has 0 fully saturated rings. The number of nitrogens with zero attached hydrogens (tertiary/aromatic N) is 3. The van der Waals surface area contributed by atoms with Crippen LogP contribution in [0.4, 0.5) is 4.39 Å². The summed E-state index contributed by atoms with van der Waals surface area (Å²) in [5.74, 6) is 0.633. The van der Waals surface area contributed by atoms with E-state index in [2.05, 4.69) is 23.9 Å². The highest BCUT2D eigenvalue weighted by atomic mass is 35.5. The highest BCUT2D eigenvalue weighted by Crippen LogP contribution is 2.18. The molecule has 0 aliphatic heterocycles. The van der Waals surface area contributed by atoms with E-state index in [0.717, 1.165) is 6.54 Å². The minimum atomic E-state index is -0.409. The van der Waals surface area contributed by atoms with E-state index < -0.39 is 5.82 Å². The molecule has 0 N–H and O–H groups in total. The third-order valence-corrected chi connectivity index (χ3v) is 3.34. The summed E-state index contributed by atoms with van der Waals surface area (Å²) in [7, 11) is 0. The molecule has 0 aliphatic carbocycles. The molecule has 0 spiro atoms. The maximum absolute atomic E-state index is 13.0. The van der Waals surface area contributed by atoms with Gasteiger partial charge in [-0.05, 0) is 23.6 Å². The lowest BCUT2D eigenvalue weighted by atomic mass is 10.1. The number of hydrogen-bond acceptors (Lipinski definition) is 3. The van der Waals surface area contributed by atoms with E-state index in [9.17, 15) is 9.18 Å². The van der Waals surface area contributed by atoms with Crippen molar-refractivity contribution in [1.29, 1.82) is 0 Å². The average Bonchev–Trinajstić information content (AvgIpc) is 2.79. The Morgan fingerprint density at radius 2 is 2.14 bits per heavy atom. The lowest BCUT2D eigenvalue weighted by Gasteiger charge is -2.08. The fourth-order valence-corrected chi connectivity index (χ4v) is 2.27. The number of aromatic nitrogens is 3. The van der Waals surface area contributed by atoms with Crippen LogP contribution in [-0.2, 0) is 24.2 Å². The normalized spacial score (nSPS) is 11.1. The van der Waals surface area contributed by atoms with E-state index in [1.54, 1.807) is 4.68 Å². The Kier molecular flexibility index (Phi) is 5.07. The van der Waals surface area contributed by atoms with Gasteiger partial charge in [0.15, 0.2) is 0 Å². The van der Waals surface area contributed by atoms with Crippen LogP contribution in [-0.4, -0.2) is 20.5 Å². The molecule has 1 heterocycles. The van der Waals surface area contributed by atoms with Crippen molar-refractivity contribution < 1.29 is 9.18 Å². The number of halogens is 2. The molecule has 2 aromatic rings. The van der Waals surface area contributed by atoms with Gasteiger partial charge in [0.2, 0.25) is 0 Å². The molecule has 0 atom stereocenters. The molecule has 0 aliphatic rings. The molecule has 112 valence electrons. The van der Waals surface area contributed by atoms with Crippen molar-refractivity contribution in [2.24, 2.45) is 5.92 Å². The summed E-state index contributed by atoms with van der Waals surface area (Å²) in [4.78, 5) is 16.2. The van der Waals surface area contributed by atoms with E-state index in [0.29, 0.717) is 17.3 Å². The molecule has 21 heavy (non-hydrogen) atoms. The third-order valence-electron chi connectivity index (χ3n) is 2.99. The van der Waals surface area contributed by atoms with Crippen molar-refractivity contribution in [3.8, 4) is 0 Å². The van der Waals surface area contributed by atoms with Crippen LogP contribution in [0.2, 0.25) is 5.02 Å². The lowest BCUT2D eigenvalue weighted by Crippen LogP contribution is -2.15. The van der Waals surface area contributed by atoms with Gasteiger partial charge in [-0.25, -0.2) is 14.1 Å². The van der Waals surface area contributed by atoms with Crippen molar-refractivity contribution in [2.45, 2.75) is 33.2 Å². The summed E-state index contributed by atoms with van der Waals surface area (Å²) < 4.78 is 14.7. The maximum atomic E-state index is 13.0. The smallest absolute Gasteiger partial charge is 0.144 e. The Morgan fingerprint density at radius 3 is 2.81 bits per heavy atom. The number of benzene rings is 1. The number of hydrogen-bond donors (Lipinski definition) is 0. The first-order valence-electron chi connectivity index (χ1n) is 6.78. The maximum Gasteiger partial charge on any atom is 0.144 e. The van der Waals surface area contributed by atoms with Crippen molar-refractivity contribution in [3.63, 3.8) is 0 Å². The van der Waals surface area contributed by atoms with E-state index >= 15 is 0 Å². The largest absolute Gasteiger partial charge is 0.299 e. The first-order chi connectivity index (χ1) is 9.95. The van der Waals surface area contributed by atoms with Gasteiger partial charge in [-0.15, -0.1) is 0 Å². The fourth-order valence-electron chi connectivity index (χ4n) is 2.04. The Hall–Kier alpha value is -1.75. The standard InChI is InChI=1S/C15H17ClFN3O/c1-10(2)8-20-15(18-9-19-20)7-13(21)5-11-3-4-12(17)6-14(11)16/h3-4,6,9-10H,5,7-8H2,1-2H3. The Morgan fingerprint density at radius 1 is 1.38 bits per heavy atom. The molecular formula is C15H17ClFN3O.